The molecule has 12 nitrogen and oxygen atoms in total. The Labute approximate surface area is 365 Å². The third kappa shape index (κ3) is 17.1. The second-order valence-electron chi connectivity index (χ2n) is 13.9. The van der Waals surface area contributed by atoms with Gasteiger partial charge in [-0.2, -0.15) is 8.73 Å². The quantitative estimate of drug-likeness (QED) is 0.145. The van der Waals surface area contributed by atoms with Crippen molar-refractivity contribution in [1.29, 1.82) is 4.78 Å². The summed E-state index contributed by atoms with van der Waals surface area (Å²) in [6, 6.07) is 18.6. The van der Waals surface area contributed by atoms with Gasteiger partial charge in [-0.3, -0.25) is 19.7 Å². The van der Waals surface area contributed by atoms with Crippen molar-refractivity contribution in [3.05, 3.63) is 166 Å². The van der Waals surface area contributed by atoms with Crippen molar-refractivity contribution in [3.8, 4) is 0 Å². The van der Waals surface area contributed by atoms with Crippen molar-refractivity contribution in [1.82, 2.24) is 29.9 Å². The van der Waals surface area contributed by atoms with Crippen molar-refractivity contribution >= 4 is 56.8 Å². The summed E-state index contributed by atoms with van der Waals surface area (Å²) in [6.07, 6.45) is 13.6. The molecule has 6 rings (SSSR count). The van der Waals surface area contributed by atoms with Crippen LogP contribution in [0.25, 0.3) is 0 Å². The van der Waals surface area contributed by atoms with Gasteiger partial charge in [-0.25, -0.2) is 40.7 Å². The molecule has 6 aromatic rings. The molecule has 1 N–H and O–H groups in total. The molecule has 0 amide bonds. The van der Waals surface area contributed by atoms with Gasteiger partial charge in [0.05, 0.1) is 35.2 Å². The molecular formula is C42H49BrF3N9O3S3. The lowest BCUT2D eigenvalue weighted by Crippen LogP contribution is -2.08. The van der Waals surface area contributed by atoms with Crippen LogP contribution < -0.4 is 0 Å². The summed E-state index contributed by atoms with van der Waals surface area (Å²) in [5.41, 5.74) is 5.27. The van der Waals surface area contributed by atoms with Gasteiger partial charge in [0.1, 0.15) is 22.1 Å². The van der Waals surface area contributed by atoms with E-state index in [4.69, 9.17) is 4.78 Å². The van der Waals surface area contributed by atoms with Crippen LogP contribution in [0.3, 0.4) is 0 Å². The van der Waals surface area contributed by atoms with E-state index in [1.807, 2.05) is 71.0 Å². The van der Waals surface area contributed by atoms with Crippen LogP contribution in [0.1, 0.15) is 70.3 Å². The number of halogens is 4. The first kappa shape index (κ1) is 50.4. The summed E-state index contributed by atoms with van der Waals surface area (Å²) >= 11 is 3.01. The molecule has 0 aliphatic rings. The second-order valence-corrected chi connectivity index (χ2v) is 22.4. The summed E-state index contributed by atoms with van der Waals surface area (Å²) in [5, 5.41) is -0.887. The zero-order valence-electron chi connectivity index (χ0n) is 35.2. The summed E-state index contributed by atoms with van der Waals surface area (Å²) in [4.78, 5) is 24.0. The summed E-state index contributed by atoms with van der Waals surface area (Å²) in [7, 11) is -7.69. The van der Waals surface area contributed by atoms with Crippen LogP contribution in [-0.4, -0.2) is 61.3 Å². The first-order chi connectivity index (χ1) is 28.5. The minimum Gasteiger partial charge on any atom is -0.261 e. The molecule has 6 atom stereocenters. The summed E-state index contributed by atoms with van der Waals surface area (Å²) in [6.45, 7) is 11.1. The first-order valence-corrected chi connectivity index (χ1v) is 25.2. The molecule has 61 heavy (non-hydrogen) atoms. The lowest BCUT2D eigenvalue weighted by Gasteiger charge is -2.13. The molecule has 0 saturated carbocycles. The number of rotatable bonds is 8. The number of hydrogen-bond acceptors (Lipinski definition) is 12. The molecule has 326 valence electrons. The maximum Gasteiger partial charge on any atom is 0.164 e. The molecule has 0 spiro atoms. The average molecular weight is 961 g/mol. The lowest BCUT2D eigenvalue weighted by atomic mass is 10.2. The number of aryl methyl sites for hydroxylation is 3. The maximum atomic E-state index is 13.1. The Balaban J connectivity index is 0.000000228. The van der Waals surface area contributed by atoms with Gasteiger partial charge < -0.3 is 0 Å². The van der Waals surface area contributed by atoms with Gasteiger partial charge in [-0.05, 0) is 111 Å². The highest BCUT2D eigenvalue weighted by Gasteiger charge is 2.18. The molecule has 0 aliphatic carbocycles. The second kappa shape index (κ2) is 22.7. The van der Waals surface area contributed by atoms with Crippen LogP contribution in [-0.2, 0) is 29.2 Å². The van der Waals surface area contributed by atoms with E-state index < -0.39 is 40.8 Å². The third-order valence-electron chi connectivity index (χ3n) is 8.85. The smallest absolute Gasteiger partial charge is 0.164 e. The van der Waals surface area contributed by atoms with Gasteiger partial charge in [-0.15, -0.1) is 0 Å². The zero-order valence-corrected chi connectivity index (χ0v) is 39.2. The molecule has 6 heterocycles. The number of pyridine rings is 6. The molecule has 6 unspecified atom stereocenters. The van der Waals surface area contributed by atoms with Crippen molar-refractivity contribution in [3.63, 3.8) is 0 Å². The molecule has 0 bridgehead atoms. The Kier molecular flexibility index (Phi) is 18.8. The standard InChI is InChI=1S/2C14H16FN3OS.C9H14N2OS.C5H3BrFN/c2*1-10-4-5-12(9-17-10)11(2)20(3,19)18-14-8-13(15)6-7-16-14;1-7-4-5-9(6-11-7)8(2)13(3,10)12;6-5-3-4(7)1-2-8-5/h2*4-9,11H,1-3H3;4-6,8,10H,1-3H3;1-3H. The van der Waals surface area contributed by atoms with Crippen molar-refractivity contribution in [2.24, 2.45) is 8.73 Å². The minimum absolute atomic E-state index is 0.143. The molecule has 0 aliphatic heterocycles. The summed E-state index contributed by atoms with van der Waals surface area (Å²) < 4.78 is 91.3. The van der Waals surface area contributed by atoms with Crippen LogP contribution in [0.5, 0.6) is 0 Å². The van der Waals surface area contributed by atoms with Gasteiger partial charge in [0.2, 0.25) is 0 Å². The van der Waals surface area contributed by atoms with Gasteiger partial charge in [0.25, 0.3) is 0 Å². The van der Waals surface area contributed by atoms with Crippen LogP contribution in [0, 0.1) is 43.0 Å². The predicted molar refractivity (Wildman–Crippen MR) is 242 cm³/mol. The van der Waals surface area contributed by atoms with E-state index >= 15 is 0 Å². The molecular weight excluding hydrogens is 912 g/mol. The molecule has 0 saturated heterocycles. The van der Waals surface area contributed by atoms with Gasteiger partial charge >= 0.3 is 0 Å². The van der Waals surface area contributed by atoms with Gasteiger partial charge in [-0.1, -0.05) is 18.2 Å². The maximum absolute atomic E-state index is 13.1. The zero-order chi connectivity index (χ0) is 45.5. The first-order valence-electron chi connectivity index (χ1n) is 18.4. The van der Waals surface area contributed by atoms with E-state index in [-0.39, 0.29) is 33.2 Å². The lowest BCUT2D eigenvalue weighted by molar-refractivity contribution is 0.624. The van der Waals surface area contributed by atoms with Crippen molar-refractivity contribution in [2.45, 2.75) is 57.3 Å². The highest BCUT2D eigenvalue weighted by Crippen LogP contribution is 2.27. The van der Waals surface area contributed by atoms with E-state index in [1.54, 1.807) is 38.0 Å². The highest BCUT2D eigenvalue weighted by atomic mass is 79.9. The van der Waals surface area contributed by atoms with E-state index in [2.05, 4.69) is 54.6 Å². The van der Waals surface area contributed by atoms with Crippen LogP contribution >= 0.6 is 15.9 Å². The van der Waals surface area contributed by atoms with Gasteiger partial charge in [0, 0.05) is 101 Å². The number of nitrogens with zero attached hydrogens (tertiary/aromatic N) is 8. The SMILES string of the molecule is Cc1ccc(C(C)S(C)(=N)=O)cn1.Cc1ccc(C(C)S(C)(=O)=Nc2cc(F)ccn2)cn1.Cc1ccc(C(C)S(C)(=O)=Nc2cc(F)ccn2)cn1.Fc1ccnc(Br)c1. The predicted octanol–water partition coefficient (Wildman–Crippen LogP) is 10.9. The fourth-order valence-corrected chi connectivity index (χ4v) is 8.26. The van der Waals surface area contributed by atoms with Gasteiger partial charge in [0.15, 0.2) is 11.6 Å². The summed E-state index contributed by atoms with van der Waals surface area (Å²) in [5.74, 6) is -0.877. The Bertz CT molecular complexity index is 2590. The molecule has 19 heteroatoms. The van der Waals surface area contributed by atoms with E-state index in [1.165, 1.54) is 61.2 Å². The normalized spacial score (nSPS) is 15.1. The largest absolute Gasteiger partial charge is 0.261 e. The number of hydrogen-bond donors (Lipinski definition) is 1. The molecule has 6 aromatic heterocycles. The van der Waals surface area contributed by atoms with Crippen LogP contribution in [0.2, 0.25) is 0 Å². The van der Waals surface area contributed by atoms with E-state index in [0.717, 1.165) is 33.8 Å². The van der Waals surface area contributed by atoms with Crippen molar-refractivity contribution in [2.75, 3.05) is 18.8 Å². The van der Waals surface area contributed by atoms with E-state index in [0.29, 0.717) is 4.60 Å². The Morgan fingerprint density at radius 2 is 0.852 bits per heavy atom. The van der Waals surface area contributed by atoms with E-state index in [9.17, 15) is 25.8 Å². The Morgan fingerprint density at radius 3 is 1.11 bits per heavy atom. The molecule has 0 fully saturated rings. The Morgan fingerprint density at radius 1 is 0.525 bits per heavy atom. The number of aromatic nitrogens is 6. The average Bonchev–Trinajstić information content (AvgIpc) is 3.18. The minimum atomic E-state index is -2.59. The Hall–Kier alpha value is -4.98. The third-order valence-corrected chi connectivity index (χ3v) is 15.2. The van der Waals surface area contributed by atoms with Crippen LogP contribution in [0.15, 0.2) is 123 Å². The molecule has 0 radical (unpaired) electrons. The highest BCUT2D eigenvalue weighted by molar-refractivity contribution is 9.10. The van der Waals surface area contributed by atoms with Crippen LogP contribution in [0.4, 0.5) is 24.8 Å². The number of nitrogens with one attached hydrogen (secondary N) is 1. The van der Waals surface area contributed by atoms with Crippen molar-refractivity contribution < 1.29 is 25.8 Å². The fraction of sp³-hybridized carbons (Fsp3) is 0.286. The monoisotopic (exact) mass is 959 g/mol. The molecule has 0 aromatic carbocycles. The fourth-order valence-electron chi connectivity index (χ4n) is 4.72. The topological polar surface area (TPSA) is 177 Å².